The topological polar surface area (TPSA) is 107 Å². The summed E-state index contributed by atoms with van der Waals surface area (Å²) >= 11 is 2.92. The van der Waals surface area contributed by atoms with Gasteiger partial charge in [0.15, 0.2) is 5.82 Å². The highest BCUT2D eigenvalue weighted by Gasteiger charge is 2.15. The Morgan fingerprint density at radius 2 is 2.15 bits per heavy atom. The maximum Gasteiger partial charge on any atom is 0.336 e. The van der Waals surface area contributed by atoms with Crippen molar-refractivity contribution in [2.45, 2.75) is 24.3 Å². The van der Waals surface area contributed by atoms with Crippen LogP contribution in [0.15, 0.2) is 50.1 Å². The van der Waals surface area contributed by atoms with Crippen LogP contribution in [0.5, 0.6) is 5.75 Å². The lowest BCUT2D eigenvalue weighted by atomic mass is 10.1. The van der Waals surface area contributed by atoms with Crippen LogP contribution in [0.25, 0.3) is 21.7 Å². The molecule has 9 heteroatoms. The van der Waals surface area contributed by atoms with Crippen molar-refractivity contribution >= 4 is 34.1 Å². The molecule has 4 rings (SSSR count). The minimum Gasteiger partial charge on any atom is -0.508 e. The van der Waals surface area contributed by atoms with Gasteiger partial charge in [-0.3, -0.25) is 0 Å². The van der Waals surface area contributed by atoms with Gasteiger partial charge < -0.3 is 15.4 Å². The van der Waals surface area contributed by atoms with Gasteiger partial charge in [-0.15, -0.1) is 21.5 Å². The van der Waals surface area contributed by atoms with Crippen LogP contribution in [-0.4, -0.2) is 20.0 Å². The Bertz CT molecular complexity index is 1170. The van der Waals surface area contributed by atoms with E-state index in [2.05, 4.69) is 10.2 Å². The second-order valence-corrected chi connectivity index (χ2v) is 7.75. The maximum atomic E-state index is 11.9. The molecule has 0 unspecified atom stereocenters. The van der Waals surface area contributed by atoms with Gasteiger partial charge in [-0.05, 0) is 35.1 Å². The predicted molar refractivity (Wildman–Crippen MR) is 107 cm³/mol. The van der Waals surface area contributed by atoms with Crippen molar-refractivity contribution < 1.29 is 9.52 Å². The molecule has 0 radical (unpaired) electrons. The highest BCUT2D eigenvalue weighted by molar-refractivity contribution is 7.98. The van der Waals surface area contributed by atoms with E-state index < -0.39 is 5.63 Å². The number of nitrogens with two attached hydrogens (primary N) is 1. The van der Waals surface area contributed by atoms with Gasteiger partial charge in [0.05, 0.1) is 4.88 Å². The lowest BCUT2D eigenvalue weighted by Crippen LogP contribution is -2.11. The summed E-state index contributed by atoms with van der Waals surface area (Å²) in [4.78, 5) is 12.8. The number of phenolic OH excluding ortho intramolecular Hbond substituents is 1. The third kappa shape index (κ3) is 3.31. The number of fused-ring (bicyclic) bond motifs is 1. The Balaban J connectivity index is 1.67. The van der Waals surface area contributed by atoms with E-state index in [4.69, 9.17) is 10.3 Å². The summed E-state index contributed by atoms with van der Waals surface area (Å²) in [6, 6.07) is 8.67. The number of nitrogens with zero attached hydrogens (tertiary/aromatic N) is 3. The zero-order valence-corrected chi connectivity index (χ0v) is 16.0. The molecule has 4 aromatic rings. The summed E-state index contributed by atoms with van der Waals surface area (Å²) in [6.07, 6.45) is 0.675. The number of hydrogen-bond acceptors (Lipinski definition) is 8. The second-order valence-electron chi connectivity index (χ2n) is 5.86. The number of aryl methyl sites for hydroxylation is 1. The van der Waals surface area contributed by atoms with Crippen LogP contribution in [0.2, 0.25) is 0 Å². The summed E-state index contributed by atoms with van der Waals surface area (Å²) in [5.74, 6) is 7.32. The molecule has 0 atom stereocenters. The Morgan fingerprint density at radius 3 is 2.89 bits per heavy atom. The van der Waals surface area contributed by atoms with E-state index in [1.165, 1.54) is 39.9 Å². The lowest BCUT2D eigenvalue weighted by Gasteiger charge is -2.08. The average Bonchev–Trinajstić information content (AvgIpc) is 3.28. The fraction of sp³-hybridized carbons (Fsp3) is 0.167. The number of aromatic nitrogens is 3. The van der Waals surface area contributed by atoms with E-state index in [0.29, 0.717) is 28.7 Å². The Labute approximate surface area is 162 Å². The molecule has 0 saturated heterocycles. The summed E-state index contributed by atoms with van der Waals surface area (Å²) in [5, 5.41) is 21.6. The van der Waals surface area contributed by atoms with Gasteiger partial charge >= 0.3 is 5.63 Å². The van der Waals surface area contributed by atoms with Crippen LogP contribution in [-0.2, 0) is 12.2 Å². The van der Waals surface area contributed by atoms with Crippen LogP contribution in [0.1, 0.15) is 18.1 Å². The SMILES string of the molecule is CCc1cc2c(CSc3nnc(-c4cccs4)n3N)cc(=O)oc2cc1O. The third-order valence-corrected chi connectivity index (χ3v) is 6.03. The molecule has 138 valence electrons. The number of nitrogen functional groups attached to an aromatic ring is 1. The quantitative estimate of drug-likeness (QED) is 0.300. The Kier molecular flexibility index (Phi) is 4.63. The average molecular weight is 400 g/mol. The molecule has 1 aromatic carbocycles. The molecule has 3 aromatic heterocycles. The first kappa shape index (κ1) is 17.6. The van der Waals surface area contributed by atoms with Gasteiger partial charge in [0.2, 0.25) is 5.16 Å². The monoisotopic (exact) mass is 400 g/mol. The van der Waals surface area contributed by atoms with Crippen molar-refractivity contribution in [2.75, 3.05) is 5.84 Å². The minimum absolute atomic E-state index is 0.125. The smallest absolute Gasteiger partial charge is 0.336 e. The molecule has 0 fully saturated rings. The summed E-state index contributed by atoms with van der Waals surface area (Å²) in [7, 11) is 0. The van der Waals surface area contributed by atoms with Crippen molar-refractivity contribution in [3.05, 3.63) is 57.3 Å². The number of hydrogen-bond donors (Lipinski definition) is 2. The van der Waals surface area contributed by atoms with Crippen molar-refractivity contribution in [1.29, 1.82) is 0 Å². The number of thioether (sulfide) groups is 1. The van der Waals surface area contributed by atoms with Crippen LogP contribution in [0, 0.1) is 0 Å². The Hall–Kier alpha value is -2.78. The van der Waals surface area contributed by atoms with E-state index in [9.17, 15) is 9.90 Å². The number of thiophene rings is 1. The molecule has 0 spiro atoms. The van der Waals surface area contributed by atoms with Crippen LogP contribution in [0.4, 0.5) is 0 Å². The zero-order valence-electron chi connectivity index (χ0n) is 14.4. The van der Waals surface area contributed by atoms with Gasteiger partial charge in [-0.2, -0.15) is 0 Å². The second kappa shape index (κ2) is 7.09. The molecule has 0 aliphatic carbocycles. The number of phenols is 1. The van der Waals surface area contributed by atoms with Gasteiger partial charge in [0, 0.05) is 23.3 Å². The number of benzene rings is 1. The fourth-order valence-electron chi connectivity index (χ4n) is 2.80. The molecular formula is C18H16N4O3S2. The Morgan fingerprint density at radius 1 is 1.30 bits per heavy atom. The maximum absolute atomic E-state index is 11.9. The standard InChI is InChI=1S/C18H16N4O3S2/c1-2-10-6-12-11(7-16(24)25-14(12)8-13(10)23)9-27-18-21-20-17(22(18)19)15-4-3-5-26-15/h3-8,23H,2,9,19H2,1H3. The molecule has 27 heavy (non-hydrogen) atoms. The highest BCUT2D eigenvalue weighted by atomic mass is 32.2. The summed E-state index contributed by atoms with van der Waals surface area (Å²) in [5.41, 5.74) is 1.49. The molecule has 3 heterocycles. The molecule has 0 aliphatic heterocycles. The highest BCUT2D eigenvalue weighted by Crippen LogP contribution is 2.31. The van der Waals surface area contributed by atoms with Gasteiger partial charge in [-0.1, -0.05) is 24.8 Å². The minimum atomic E-state index is -0.463. The predicted octanol–water partition coefficient (Wildman–Crippen LogP) is 3.39. The number of rotatable bonds is 5. The van der Waals surface area contributed by atoms with E-state index in [0.717, 1.165) is 21.4 Å². The van der Waals surface area contributed by atoms with Gasteiger partial charge in [0.1, 0.15) is 11.3 Å². The first-order valence-electron chi connectivity index (χ1n) is 8.22. The van der Waals surface area contributed by atoms with E-state index in [1.54, 1.807) is 0 Å². The molecule has 0 saturated carbocycles. The molecule has 0 bridgehead atoms. The van der Waals surface area contributed by atoms with Gasteiger partial charge in [-0.25, -0.2) is 9.47 Å². The van der Waals surface area contributed by atoms with Crippen molar-refractivity contribution in [3.63, 3.8) is 0 Å². The normalized spacial score (nSPS) is 11.3. The van der Waals surface area contributed by atoms with Crippen molar-refractivity contribution in [1.82, 2.24) is 14.9 Å². The summed E-state index contributed by atoms with van der Waals surface area (Å²) in [6.45, 7) is 1.96. The van der Waals surface area contributed by atoms with Crippen LogP contribution >= 0.6 is 23.1 Å². The third-order valence-electron chi connectivity index (χ3n) is 4.17. The first-order chi connectivity index (χ1) is 13.1. The summed E-state index contributed by atoms with van der Waals surface area (Å²) < 4.78 is 6.68. The largest absolute Gasteiger partial charge is 0.508 e. The molecule has 0 amide bonds. The molecular weight excluding hydrogens is 384 g/mol. The first-order valence-corrected chi connectivity index (χ1v) is 10.1. The van der Waals surface area contributed by atoms with E-state index in [-0.39, 0.29) is 5.75 Å². The van der Waals surface area contributed by atoms with E-state index in [1.807, 2.05) is 30.5 Å². The number of aromatic hydroxyl groups is 1. The van der Waals surface area contributed by atoms with Crippen LogP contribution in [0.3, 0.4) is 0 Å². The lowest BCUT2D eigenvalue weighted by molar-refractivity contribution is 0.466. The van der Waals surface area contributed by atoms with Crippen molar-refractivity contribution in [2.24, 2.45) is 0 Å². The zero-order chi connectivity index (χ0) is 19.0. The molecule has 3 N–H and O–H groups in total. The van der Waals surface area contributed by atoms with E-state index >= 15 is 0 Å². The molecule has 0 aliphatic rings. The van der Waals surface area contributed by atoms with Gasteiger partial charge in [0.25, 0.3) is 0 Å². The van der Waals surface area contributed by atoms with Crippen molar-refractivity contribution in [3.8, 4) is 16.5 Å². The molecule has 7 nitrogen and oxygen atoms in total. The fourth-order valence-corrected chi connectivity index (χ4v) is 4.35. The van der Waals surface area contributed by atoms with Crippen LogP contribution < -0.4 is 11.5 Å².